The maximum absolute atomic E-state index is 5.66. The highest BCUT2D eigenvalue weighted by atomic mass is 14.9. The van der Waals surface area contributed by atoms with Crippen molar-refractivity contribution in [3.05, 3.63) is 0 Å². The molecule has 4 nitrogen and oxygen atoms in total. The highest BCUT2D eigenvalue weighted by Gasteiger charge is 2.21. The molecule has 1 aliphatic rings. The van der Waals surface area contributed by atoms with E-state index in [1.54, 1.807) is 0 Å². The Labute approximate surface area is 119 Å². The fraction of sp³-hybridized carbons (Fsp3) is 1.00. The Kier molecular flexibility index (Phi) is 12.7. The molecule has 1 aliphatic carbocycles. The molecule has 0 bridgehead atoms. The minimum atomic E-state index is -0.321. The second-order valence-electron chi connectivity index (χ2n) is 5.85. The lowest BCUT2D eigenvalue weighted by Crippen LogP contribution is -2.50. The van der Waals surface area contributed by atoms with Gasteiger partial charge in [-0.1, -0.05) is 51.4 Å². The Hall–Kier alpha value is -0.160. The highest BCUT2D eigenvalue weighted by molar-refractivity contribution is 4.79. The zero-order valence-corrected chi connectivity index (χ0v) is 12.7. The van der Waals surface area contributed by atoms with Crippen LogP contribution in [-0.4, -0.2) is 18.8 Å². The summed E-state index contributed by atoms with van der Waals surface area (Å²) >= 11 is 0. The van der Waals surface area contributed by atoms with E-state index in [1.807, 2.05) is 0 Å². The number of hydrogen-bond donors (Lipinski definition) is 4. The van der Waals surface area contributed by atoms with Crippen molar-refractivity contribution >= 4 is 0 Å². The average molecular weight is 272 g/mol. The molecule has 0 heterocycles. The van der Waals surface area contributed by atoms with Gasteiger partial charge in [-0.15, -0.1) is 0 Å². The van der Waals surface area contributed by atoms with Gasteiger partial charge in [0.1, 0.15) is 0 Å². The van der Waals surface area contributed by atoms with E-state index in [1.165, 1.54) is 64.2 Å². The maximum Gasteiger partial charge on any atom is 0.0636 e. The maximum atomic E-state index is 5.66. The summed E-state index contributed by atoms with van der Waals surface area (Å²) in [5.41, 5.74) is 21.7. The molecule has 0 amide bonds. The predicted octanol–water partition coefficient (Wildman–Crippen LogP) is 2.20. The first-order valence-electron chi connectivity index (χ1n) is 8.10. The van der Waals surface area contributed by atoms with Crippen LogP contribution in [-0.2, 0) is 0 Å². The van der Waals surface area contributed by atoms with E-state index < -0.39 is 0 Å². The normalized spacial score (nSPS) is 17.7. The molecule has 0 atom stereocenters. The van der Waals surface area contributed by atoms with E-state index in [9.17, 15) is 0 Å². The third-order valence-electron chi connectivity index (χ3n) is 3.69. The molecule has 0 saturated heterocycles. The molecule has 0 aromatic carbocycles. The van der Waals surface area contributed by atoms with Crippen molar-refractivity contribution in [1.82, 2.24) is 0 Å². The second kappa shape index (κ2) is 12.9. The van der Waals surface area contributed by atoms with Gasteiger partial charge in [-0.05, 0) is 38.8 Å². The molecular weight excluding hydrogens is 236 g/mol. The summed E-state index contributed by atoms with van der Waals surface area (Å²) in [6.07, 6.45) is 14.8. The summed E-state index contributed by atoms with van der Waals surface area (Å²) in [6, 6.07) is 0. The zero-order chi connectivity index (χ0) is 14.4. The summed E-state index contributed by atoms with van der Waals surface area (Å²) in [4.78, 5) is 0. The minimum absolute atomic E-state index is 0.321. The first kappa shape index (κ1) is 18.8. The van der Waals surface area contributed by atoms with E-state index in [-0.39, 0.29) is 5.66 Å². The Morgan fingerprint density at radius 3 is 1.21 bits per heavy atom. The summed E-state index contributed by atoms with van der Waals surface area (Å²) in [5, 5.41) is 0. The van der Waals surface area contributed by atoms with Gasteiger partial charge in [-0.2, -0.15) is 0 Å². The van der Waals surface area contributed by atoms with Crippen molar-refractivity contribution in [2.45, 2.75) is 82.7 Å². The predicted molar refractivity (Wildman–Crippen MR) is 84.6 cm³/mol. The lowest BCUT2D eigenvalue weighted by atomic mass is 9.91. The lowest BCUT2D eigenvalue weighted by molar-refractivity contribution is 0.306. The number of nitrogens with two attached hydrogens (primary N) is 4. The zero-order valence-electron chi connectivity index (χ0n) is 12.7. The number of unbranched alkanes of at least 4 members (excludes halogenated alkanes) is 6. The first-order valence-corrected chi connectivity index (χ1v) is 8.10. The van der Waals surface area contributed by atoms with Crippen LogP contribution in [0.2, 0.25) is 0 Å². The third kappa shape index (κ3) is 14.1. The van der Waals surface area contributed by atoms with Crippen LogP contribution in [0, 0.1) is 0 Å². The van der Waals surface area contributed by atoms with Gasteiger partial charge in [0.25, 0.3) is 0 Å². The fourth-order valence-corrected chi connectivity index (χ4v) is 2.38. The SMILES string of the molecule is NC1(N)CCCCC1.NCCCCCCCCCN. The second-order valence-corrected chi connectivity index (χ2v) is 5.85. The van der Waals surface area contributed by atoms with Gasteiger partial charge in [-0.25, -0.2) is 0 Å². The van der Waals surface area contributed by atoms with E-state index >= 15 is 0 Å². The van der Waals surface area contributed by atoms with Gasteiger partial charge in [0.2, 0.25) is 0 Å². The molecule has 1 saturated carbocycles. The van der Waals surface area contributed by atoms with E-state index in [0.29, 0.717) is 0 Å². The van der Waals surface area contributed by atoms with Crippen LogP contribution in [0.25, 0.3) is 0 Å². The van der Waals surface area contributed by atoms with Gasteiger partial charge < -0.3 is 22.9 Å². The molecule has 1 fully saturated rings. The van der Waals surface area contributed by atoms with E-state index in [0.717, 1.165) is 25.9 Å². The van der Waals surface area contributed by atoms with Gasteiger partial charge >= 0.3 is 0 Å². The van der Waals surface area contributed by atoms with Crippen molar-refractivity contribution in [3.8, 4) is 0 Å². The molecule has 19 heavy (non-hydrogen) atoms. The lowest BCUT2D eigenvalue weighted by Gasteiger charge is -2.28. The quantitative estimate of drug-likeness (QED) is 0.401. The van der Waals surface area contributed by atoms with E-state index in [2.05, 4.69) is 0 Å². The first-order chi connectivity index (χ1) is 9.12. The van der Waals surface area contributed by atoms with Gasteiger partial charge in [0.15, 0.2) is 0 Å². The molecule has 1 rings (SSSR count). The largest absolute Gasteiger partial charge is 0.330 e. The third-order valence-corrected chi connectivity index (χ3v) is 3.69. The Morgan fingerprint density at radius 1 is 0.579 bits per heavy atom. The standard InChI is InChI=1S/C9H22N2.C6H14N2/c10-8-6-4-2-1-3-5-7-9-11;7-6(8)4-2-1-3-5-6/h1-11H2;1-5,7-8H2. The monoisotopic (exact) mass is 272 g/mol. The molecule has 0 spiro atoms. The minimum Gasteiger partial charge on any atom is -0.330 e. The van der Waals surface area contributed by atoms with Crippen LogP contribution >= 0.6 is 0 Å². The van der Waals surface area contributed by atoms with Crippen molar-refractivity contribution in [2.24, 2.45) is 22.9 Å². The topological polar surface area (TPSA) is 104 Å². The van der Waals surface area contributed by atoms with Gasteiger partial charge in [-0.3, -0.25) is 0 Å². The van der Waals surface area contributed by atoms with Crippen LogP contribution < -0.4 is 22.9 Å². The summed E-state index contributed by atoms with van der Waals surface area (Å²) in [5.74, 6) is 0. The molecular formula is C15H36N4. The van der Waals surface area contributed by atoms with Crippen LogP contribution in [0.3, 0.4) is 0 Å². The number of rotatable bonds is 8. The summed E-state index contributed by atoms with van der Waals surface area (Å²) < 4.78 is 0. The smallest absolute Gasteiger partial charge is 0.0636 e. The Balaban J connectivity index is 0.000000356. The Morgan fingerprint density at radius 2 is 0.947 bits per heavy atom. The molecule has 116 valence electrons. The molecule has 0 aromatic rings. The van der Waals surface area contributed by atoms with Gasteiger partial charge in [0.05, 0.1) is 5.66 Å². The van der Waals surface area contributed by atoms with Crippen molar-refractivity contribution in [1.29, 1.82) is 0 Å². The fourth-order valence-electron chi connectivity index (χ4n) is 2.38. The average Bonchev–Trinajstić information content (AvgIpc) is 2.38. The van der Waals surface area contributed by atoms with E-state index in [4.69, 9.17) is 22.9 Å². The van der Waals surface area contributed by atoms with Crippen molar-refractivity contribution < 1.29 is 0 Å². The highest BCUT2D eigenvalue weighted by Crippen LogP contribution is 2.20. The molecule has 8 N–H and O–H groups in total. The molecule has 0 unspecified atom stereocenters. The van der Waals surface area contributed by atoms with Gasteiger partial charge in [0, 0.05) is 0 Å². The molecule has 4 heteroatoms. The summed E-state index contributed by atoms with van der Waals surface area (Å²) in [6.45, 7) is 1.70. The van der Waals surface area contributed by atoms with Crippen LogP contribution in [0.15, 0.2) is 0 Å². The molecule has 0 aromatic heterocycles. The van der Waals surface area contributed by atoms with Crippen molar-refractivity contribution in [3.63, 3.8) is 0 Å². The Bertz CT molecular complexity index is 167. The van der Waals surface area contributed by atoms with Crippen LogP contribution in [0.5, 0.6) is 0 Å². The van der Waals surface area contributed by atoms with Crippen LogP contribution in [0.4, 0.5) is 0 Å². The number of hydrogen-bond acceptors (Lipinski definition) is 4. The molecule has 0 radical (unpaired) electrons. The summed E-state index contributed by atoms with van der Waals surface area (Å²) in [7, 11) is 0. The van der Waals surface area contributed by atoms with Crippen LogP contribution in [0.1, 0.15) is 77.0 Å². The van der Waals surface area contributed by atoms with Crippen molar-refractivity contribution in [2.75, 3.05) is 13.1 Å². The molecule has 0 aliphatic heterocycles.